The number of aromatic nitrogens is 2. The molecule has 0 fully saturated rings. The molecule has 0 amide bonds. The lowest BCUT2D eigenvalue weighted by Crippen LogP contribution is -2.10. The van der Waals surface area contributed by atoms with Gasteiger partial charge in [0.25, 0.3) is 6.47 Å². The molecule has 19 heavy (non-hydrogen) atoms. The van der Waals surface area contributed by atoms with Crippen molar-refractivity contribution in [3.05, 3.63) is 59.7 Å². The maximum Gasteiger partial charge on any atom is 0.293 e. The third-order valence-electron chi connectivity index (χ3n) is 2.85. The van der Waals surface area contributed by atoms with Crippen LogP contribution >= 0.6 is 0 Å². The van der Waals surface area contributed by atoms with E-state index in [9.17, 15) is 9.90 Å². The second-order valence-corrected chi connectivity index (χ2v) is 4.06. The van der Waals surface area contributed by atoms with Crippen LogP contribution in [0.25, 0.3) is 0 Å². The number of aliphatic hydroxyl groups excluding tert-OH is 1. The van der Waals surface area contributed by atoms with Crippen molar-refractivity contribution >= 4 is 6.47 Å². The highest BCUT2D eigenvalue weighted by Crippen LogP contribution is 2.24. The largest absolute Gasteiger partial charge is 0.467 e. The predicted octanol–water partition coefficient (Wildman–Crippen LogP) is 1.27. The lowest BCUT2D eigenvalue weighted by atomic mass is 9.93. The van der Waals surface area contributed by atoms with Gasteiger partial charge in [0.05, 0.1) is 6.61 Å². The van der Waals surface area contributed by atoms with Gasteiger partial charge in [-0.1, -0.05) is 24.3 Å². The minimum Gasteiger partial charge on any atom is -0.467 e. The Hall–Kier alpha value is -2.27. The van der Waals surface area contributed by atoms with Crippen molar-refractivity contribution in [2.75, 3.05) is 6.61 Å². The lowest BCUT2D eigenvalue weighted by Gasteiger charge is -2.16. The van der Waals surface area contributed by atoms with E-state index in [-0.39, 0.29) is 19.1 Å². The molecule has 0 saturated heterocycles. The summed E-state index contributed by atoms with van der Waals surface area (Å²) in [5.41, 5.74) is 2.62. The lowest BCUT2D eigenvalue weighted by molar-refractivity contribution is -0.128. The summed E-state index contributed by atoms with van der Waals surface area (Å²) in [4.78, 5) is 18.4. The molecule has 0 bridgehead atoms. The molecule has 0 aliphatic rings. The van der Waals surface area contributed by atoms with Crippen LogP contribution in [0.5, 0.6) is 0 Å². The maximum atomic E-state index is 10.4. The monoisotopic (exact) mass is 258 g/mol. The number of ether oxygens (including phenoxy) is 1. The first kappa shape index (κ1) is 13.2. The maximum absolute atomic E-state index is 10.4. The molecule has 0 spiro atoms. The highest BCUT2D eigenvalue weighted by atomic mass is 16.5. The standard InChI is InChI=1S/C14H14N2O3/c17-7-11-2-1-3-12(4-11)14(8-19-10-18)13-5-15-9-16-6-13/h1-6,9-10,14,17H,7-8H2. The van der Waals surface area contributed by atoms with Crippen molar-refractivity contribution in [2.45, 2.75) is 12.5 Å². The SMILES string of the molecule is O=COCC(c1cncnc1)c1cccc(CO)c1. The number of hydrogen-bond acceptors (Lipinski definition) is 5. The molecule has 1 unspecified atom stereocenters. The van der Waals surface area contributed by atoms with Gasteiger partial charge in [-0.25, -0.2) is 9.97 Å². The summed E-state index contributed by atoms with van der Waals surface area (Å²) in [7, 11) is 0. The molecule has 5 nitrogen and oxygen atoms in total. The van der Waals surface area contributed by atoms with Gasteiger partial charge < -0.3 is 9.84 Å². The number of carbonyl (C=O) groups is 1. The number of nitrogens with zero attached hydrogens (tertiary/aromatic N) is 2. The Bertz CT molecular complexity index is 531. The van der Waals surface area contributed by atoms with Crippen LogP contribution in [-0.4, -0.2) is 28.2 Å². The van der Waals surface area contributed by atoms with Crippen LogP contribution in [0.1, 0.15) is 22.6 Å². The minimum absolute atomic E-state index is 0.0274. The summed E-state index contributed by atoms with van der Waals surface area (Å²) >= 11 is 0. The number of aliphatic hydroxyl groups is 1. The zero-order chi connectivity index (χ0) is 13.5. The van der Waals surface area contributed by atoms with Gasteiger partial charge >= 0.3 is 0 Å². The van der Waals surface area contributed by atoms with Gasteiger partial charge in [0.15, 0.2) is 0 Å². The van der Waals surface area contributed by atoms with Crippen molar-refractivity contribution in [1.82, 2.24) is 9.97 Å². The van der Waals surface area contributed by atoms with Crippen LogP contribution in [0.15, 0.2) is 43.0 Å². The summed E-state index contributed by atoms with van der Waals surface area (Å²) in [5.74, 6) is -0.141. The summed E-state index contributed by atoms with van der Waals surface area (Å²) in [6, 6.07) is 7.50. The molecule has 5 heteroatoms. The van der Waals surface area contributed by atoms with Crippen LogP contribution in [0, 0.1) is 0 Å². The Kier molecular flexibility index (Phi) is 4.58. The first-order valence-electron chi connectivity index (χ1n) is 5.85. The molecule has 1 N–H and O–H groups in total. The highest BCUT2D eigenvalue weighted by molar-refractivity contribution is 5.39. The Morgan fingerprint density at radius 3 is 2.74 bits per heavy atom. The normalized spacial score (nSPS) is 11.8. The van der Waals surface area contributed by atoms with Gasteiger partial charge in [0, 0.05) is 18.3 Å². The Balaban J connectivity index is 2.33. The molecule has 98 valence electrons. The molecule has 0 aliphatic carbocycles. The second-order valence-electron chi connectivity index (χ2n) is 4.06. The number of rotatable bonds is 6. The minimum atomic E-state index is -0.141. The smallest absolute Gasteiger partial charge is 0.293 e. The molecular formula is C14H14N2O3. The molecular weight excluding hydrogens is 244 g/mol. The van der Waals surface area contributed by atoms with Gasteiger partial charge in [0.2, 0.25) is 0 Å². The van der Waals surface area contributed by atoms with Crippen LogP contribution in [0.4, 0.5) is 0 Å². The van der Waals surface area contributed by atoms with E-state index in [1.807, 2.05) is 24.3 Å². The Morgan fingerprint density at radius 1 is 1.26 bits per heavy atom. The van der Waals surface area contributed by atoms with Crippen molar-refractivity contribution in [3.8, 4) is 0 Å². The van der Waals surface area contributed by atoms with E-state index in [4.69, 9.17) is 4.74 Å². The predicted molar refractivity (Wildman–Crippen MR) is 68.3 cm³/mol. The van der Waals surface area contributed by atoms with E-state index in [2.05, 4.69) is 9.97 Å². The number of benzene rings is 1. The first-order chi connectivity index (χ1) is 9.35. The quantitative estimate of drug-likeness (QED) is 0.790. The Labute approximate surface area is 110 Å². The van der Waals surface area contributed by atoms with E-state index in [1.54, 1.807) is 12.4 Å². The second kappa shape index (κ2) is 6.61. The average molecular weight is 258 g/mol. The van der Waals surface area contributed by atoms with Gasteiger partial charge in [-0.3, -0.25) is 4.79 Å². The zero-order valence-electron chi connectivity index (χ0n) is 10.3. The van der Waals surface area contributed by atoms with Crippen molar-refractivity contribution < 1.29 is 14.6 Å². The summed E-state index contributed by atoms with van der Waals surface area (Å²) in [6.45, 7) is 0.610. The number of carbonyl (C=O) groups excluding carboxylic acids is 1. The van der Waals surface area contributed by atoms with Crippen molar-refractivity contribution in [1.29, 1.82) is 0 Å². The fourth-order valence-corrected chi connectivity index (χ4v) is 1.92. The van der Waals surface area contributed by atoms with Crippen LogP contribution < -0.4 is 0 Å². The fraction of sp³-hybridized carbons (Fsp3) is 0.214. The molecule has 2 aromatic rings. The van der Waals surface area contributed by atoms with Gasteiger partial charge in [-0.2, -0.15) is 0 Å². The zero-order valence-corrected chi connectivity index (χ0v) is 10.3. The third kappa shape index (κ3) is 3.35. The molecule has 1 aromatic carbocycles. The van der Waals surface area contributed by atoms with Crippen molar-refractivity contribution in [2.24, 2.45) is 0 Å². The van der Waals surface area contributed by atoms with Crippen LogP contribution in [-0.2, 0) is 16.1 Å². The van der Waals surface area contributed by atoms with Crippen molar-refractivity contribution in [3.63, 3.8) is 0 Å². The molecule has 2 rings (SSSR count). The summed E-state index contributed by atoms with van der Waals surface area (Å²) < 4.78 is 4.88. The van der Waals surface area contributed by atoms with Gasteiger partial charge in [-0.05, 0) is 16.7 Å². The summed E-state index contributed by atoms with van der Waals surface area (Å²) in [6.07, 6.45) is 4.83. The summed E-state index contributed by atoms with van der Waals surface area (Å²) in [5, 5.41) is 9.18. The van der Waals surface area contributed by atoms with E-state index < -0.39 is 0 Å². The molecule has 1 aromatic heterocycles. The first-order valence-corrected chi connectivity index (χ1v) is 5.85. The topological polar surface area (TPSA) is 72.3 Å². The fourth-order valence-electron chi connectivity index (χ4n) is 1.92. The Morgan fingerprint density at radius 2 is 2.05 bits per heavy atom. The molecule has 0 radical (unpaired) electrons. The van der Waals surface area contributed by atoms with E-state index in [1.165, 1.54) is 6.33 Å². The number of hydrogen-bond donors (Lipinski definition) is 1. The van der Waals surface area contributed by atoms with E-state index in [0.29, 0.717) is 6.47 Å². The average Bonchev–Trinajstić information content (AvgIpc) is 2.49. The molecule has 0 aliphatic heterocycles. The highest BCUT2D eigenvalue weighted by Gasteiger charge is 2.16. The van der Waals surface area contributed by atoms with Crippen LogP contribution in [0.2, 0.25) is 0 Å². The molecule has 1 heterocycles. The third-order valence-corrected chi connectivity index (χ3v) is 2.85. The molecule has 1 atom stereocenters. The van der Waals surface area contributed by atoms with Gasteiger partial charge in [-0.15, -0.1) is 0 Å². The molecule has 0 saturated carbocycles. The van der Waals surface area contributed by atoms with Gasteiger partial charge in [0.1, 0.15) is 12.9 Å². The van der Waals surface area contributed by atoms with Crippen LogP contribution in [0.3, 0.4) is 0 Å². The van der Waals surface area contributed by atoms with E-state index >= 15 is 0 Å². The van der Waals surface area contributed by atoms with E-state index in [0.717, 1.165) is 16.7 Å².